The van der Waals surface area contributed by atoms with Gasteiger partial charge >= 0.3 is 0 Å². The summed E-state index contributed by atoms with van der Waals surface area (Å²) in [6.45, 7) is 1.17. The number of hydrogen-bond acceptors (Lipinski definition) is 3. The molecule has 0 saturated heterocycles. The molecule has 0 spiro atoms. The summed E-state index contributed by atoms with van der Waals surface area (Å²) in [7, 11) is -1.19. The maximum Gasteiger partial charge on any atom is 0.211 e. The van der Waals surface area contributed by atoms with E-state index in [1.165, 1.54) is 12.8 Å². The van der Waals surface area contributed by atoms with Crippen LogP contribution in [0.15, 0.2) is 0 Å². The molecule has 0 heterocycles. The number of likely N-dealkylation sites (N-methyl/N-ethyl adjacent to an activating group) is 1. The Balaban J connectivity index is 2.11. The fourth-order valence-electron chi connectivity index (χ4n) is 1.13. The Kier molecular flexibility index (Phi) is 4.15. The molecular weight excluding hydrogens is 188 g/mol. The summed E-state index contributed by atoms with van der Waals surface area (Å²) in [6.07, 6.45) is 3.26. The Hall–Kier alpha value is -0.130. The molecule has 0 radical (unpaired) electrons. The van der Waals surface area contributed by atoms with Gasteiger partial charge in [-0.15, -0.1) is 0 Å². The summed E-state index contributed by atoms with van der Waals surface area (Å²) in [5, 5.41) is 2.89. The lowest BCUT2D eigenvalue weighted by Gasteiger charge is -2.05. The molecule has 13 heavy (non-hydrogen) atoms. The summed E-state index contributed by atoms with van der Waals surface area (Å²) in [5.41, 5.74) is 0. The zero-order valence-corrected chi connectivity index (χ0v) is 8.86. The molecular formula is C8H18N2O2S. The first-order valence-corrected chi connectivity index (χ1v) is 6.41. The van der Waals surface area contributed by atoms with Crippen LogP contribution in [0.1, 0.15) is 19.3 Å². The van der Waals surface area contributed by atoms with Gasteiger partial charge in [0, 0.05) is 13.1 Å². The van der Waals surface area contributed by atoms with Gasteiger partial charge in [0.05, 0.1) is 5.75 Å². The highest BCUT2D eigenvalue weighted by atomic mass is 32.2. The Labute approximate surface area is 80.1 Å². The van der Waals surface area contributed by atoms with Gasteiger partial charge in [-0.05, 0) is 19.4 Å². The maximum absolute atomic E-state index is 11.3. The minimum absolute atomic E-state index is 0.293. The monoisotopic (exact) mass is 206 g/mol. The van der Waals surface area contributed by atoms with Crippen LogP contribution in [-0.4, -0.2) is 34.3 Å². The first-order valence-electron chi connectivity index (χ1n) is 4.76. The second kappa shape index (κ2) is 4.93. The van der Waals surface area contributed by atoms with Gasteiger partial charge in [-0.2, -0.15) is 0 Å². The van der Waals surface area contributed by atoms with Crippen LogP contribution in [0.3, 0.4) is 0 Å². The van der Waals surface area contributed by atoms with E-state index in [0.717, 1.165) is 6.42 Å². The lowest BCUT2D eigenvalue weighted by molar-refractivity contribution is 0.574. The molecule has 78 valence electrons. The van der Waals surface area contributed by atoms with Crippen molar-refractivity contribution in [3.63, 3.8) is 0 Å². The Morgan fingerprint density at radius 2 is 2.00 bits per heavy atom. The molecule has 5 heteroatoms. The van der Waals surface area contributed by atoms with E-state index in [2.05, 4.69) is 10.0 Å². The third-order valence-electron chi connectivity index (χ3n) is 2.19. The first kappa shape index (κ1) is 10.9. The van der Waals surface area contributed by atoms with Gasteiger partial charge in [0.1, 0.15) is 0 Å². The predicted molar refractivity (Wildman–Crippen MR) is 53.1 cm³/mol. The topological polar surface area (TPSA) is 58.2 Å². The molecule has 0 aromatic rings. The van der Waals surface area contributed by atoms with Crippen molar-refractivity contribution < 1.29 is 8.42 Å². The second-order valence-corrected chi connectivity index (χ2v) is 5.48. The van der Waals surface area contributed by atoms with Gasteiger partial charge in [0.25, 0.3) is 0 Å². The third kappa shape index (κ3) is 5.23. The van der Waals surface area contributed by atoms with Crippen molar-refractivity contribution in [2.75, 3.05) is 25.9 Å². The Morgan fingerprint density at radius 3 is 2.54 bits per heavy atom. The quantitative estimate of drug-likeness (QED) is 0.573. The van der Waals surface area contributed by atoms with Gasteiger partial charge in [-0.25, -0.2) is 13.1 Å². The molecule has 1 aliphatic rings. The Bertz CT molecular complexity index is 235. The van der Waals surface area contributed by atoms with Gasteiger partial charge < -0.3 is 5.32 Å². The van der Waals surface area contributed by atoms with Crippen LogP contribution in [0.5, 0.6) is 0 Å². The van der Waals surface area contributed by atoms with Crippen molar-refractivity contribution in [3.05, 3.63) is 0 Å². The van der Waals surface area contributed by atoms with Gasteiger partial charge in [-0.1, -0.05) is 12.8 Å². The normalized spacial score (nSPS) is 17.6. The maximum atomic E-state index is 11.3. The van der Waals surface area contributed by atoms with E-state index in [1.54, 1.807) is 7.05 Å². The van der Waals surface area contributed by atoms with Gasteiger partial charge in [-0.3, -0.25) is 0 Å². The lowest BCUT2D eigenvalue weighted by atomic mass is 10.3. The van der Waals surface area contributed by atoms with Crippen LogP contribution < -0.4 is 10.0 Å². The van der Waals surface area contributed by atoms with Crippen LogP contribution in [-0.2, 0) is 10.0 Å². The number of rotatable bonds is 7. The molecule has 2 N–H and O–H groups in total. The van der Waals surface area contributed by atoms with Gasteiger partial charge in [0.2, 0.25) is 10.0 Å². The summed E-state index contributed by atoms with van der Waals surface area (Å²) in [5.74, 6) is 0.974. The summed E-state index contributed by atoms with van der Waals surface area (Å²) in [6, 6.07) is 0. The molecule has 0 aromatic carbocycles. The number of sulfonamides is 1. The zero-order chi connectivity index (χ0) is 9.73. The SMILES string of the molecule is CNCCNS(=O)(=O)CCC1CC1. The van der Waals surface area contributed by atoms with E-state index in [9.17, 15) is 8.42 Å². The van der Waals surface area contributed by atoms with Crippen LogP contribution in [0.2, 0.25) is 0 Å². The average Bonchev–Trinajstić information content (AvgIpc) is 2.84. The summed E-state index contributed by atoms with van der Waals surface area (Å²) >= 11 is 0. The molecule has 0 unspecified atom stereocenters. The van der Waals surface area contributed by atoms with Crippen LogP contribution >= 0.6 is 0 Å². The number of nitrogens with one attached hydrogen (secondary N) is 2. The fraction of sp³-hybridized carbons (Fsp3) is 1.00. The highest BCUT2D eigenvalue weighted by Gasteiger charge is 2.23. The smallest absolute Gasteiger partial charge is 0.211 e. The van der Waals surface area contributed by atoms with Crippen molar-refractivity contribution in [2.45, 2.75) is 19.3 Å². The fourth-order valence-corrected chi connectivity index (χ4v) is 2.33. The zero-order valence-electron chi connectivity index (χ0n) is 8.04. The van der Waals surface area contributed by atoms with Crippen LogP contribution in [0.25, 0.3) is 0 Å². The van der Waals surface area contributed by atoms with E-state index in [-0.39, 0.29) is 0 Å². The first-order chi connectivity index (χ1) is 6.14. The minimum atomic E-state index is -3.00. The lowest BCUT2D eigenvalue weighted by Crippen LogP contribution is -2.32. The summed E-state index contributed by atoms with van der Waals surface area (Å²) < 4.78 is 25.2. The van der Waals surface area contributed by atoms with E-state index >= 15 is 0 Å². The molecule has 1 saturated carbocycles. The molecule has 1 rings (SSSR count). The van der Waals surface area contributed by atoms with Crippen LogP contribution in [0, 0.1) is 5.92 Å². The Morgan fingerprint density at radius 1 is 1.31 bits per heavy atom. The molecule has 0 atom stereocenters. The third-order valence-corrected chi connectivity index (χ3v) is 3.61. The van der Waals surface area contributed by atoms with Crippen molar-refractivity contribution in [1.29, 1.82) is 0 Å². The van der Waals surface area contributed by atoms with Crippen molar-refractivity contribution in [2.24, 2.45) is 5.92 Å². The van der Waals surface area contributed by atoms with E-state index < -0.39 is 10.0 Å². The van der Waals surface area contributed by atoms with Crippen LogP contribution in [0.4, 0.5) is 0 Å². The van der Waals surface area contributed by atoms with E-state index in [4.69, 9.17) is 0 Å². The highest BCUT2D eigenvalue weighted by Crippen LogP contribution is 2.32. The molecule has 0 bridgehead atoms. The largest absolute Gasteiger partial charge is 0.318 e. The van der Waals surface area contributed by atoms with E-state index in [0.29, 0.717) is 24.8 Å². The predicted octanol–water partition coefficient (Wildman–Crippen LogP) is -0.0747. The minimum Gasteiger partial charge on any atom is -0.318 e. The number of hydrogen-bond donors (Lipinski definition) is 2. The molecule has 0 aliphatic heterocycles. The standard InChI is InChI=1S/C8H18N2O2S/c1-9-5-6-10-13(11,12)7-4-8-2-3-8/h8-10H,2-7H2,1H3. The molecule has 0 aromatic heterocycles. The van der Waals surface area contributed by atoms with Crippen molar-refractivity contribution in [3.8, 4) is 0 Å². The molecule has 0 amide bonds. The van der Waals surface area contributed by atoms with Gasteiger partial charge in [0.15, 0.2) is 0 Å². The van der Waals surface area contributed by atoms with Crippen molar-refractivity contribution >= 4 is 10.0 Å². The molecule has 4 nitrogen and oxygen atoms in total. The highest BCUT2D eigenvalue weighted by molar-refractivity contribution is 7.89. The molecule has 1 fully saturated rings. The van der Waals surface area contributed by atoms with E-state index in [1.807, 2.05) is 0 Å². The second-order valence-electron chi connectivity index (χ2n) is 3.55. The van der Waals surface area contributed by atoms with Crippen molar-refractivity contribution in [1.82, 2.24) is 10.0 Å². The average molecular weight is 206 g/mol. The summed E-state index contributed by atoms with van der Waals surface area (Å²) in [4.78, 5) is 0. The molecule has 1 aliphatic carbocycles.